The highest BCUT2D eigenvalue weighted by Gasteiger charge is 2.23. The molecular weight excluding hydrogens is 254 g/mol. The summed E-state index contributed by atoms with van der Waals surface area (Å²) in [4.78, 5) is 0. The predicted octanol–water partition coefficient (Wildman–Crippen LogP) is 5.31. The Hall–Kier alpha value is -1.76. The summed E-state index contributed by atoms with van der Waals surface area (Å²) in [6.07, 6.45) is 1.09. The molecule has 110 valence electrons. The smallest absolute Gasteiger partial charge is 0.0555 e. The van der Waals surface area contributed by atoms with Gasteiger partial charge in [0.25, 0.3) is 0 Å². The fraction of sp³-hybridized carbons (Fsp3) is 0.400. The van der Waals surface area contributed by atoms with Crippen LogP contribution in [-0.2, 0) is 11.8 Å². The Morgan fingerprint density at radius 3 is 2.19 bits per heavy atom. The van der Waals surface area contributed by atoms with E-state index < -0.39 is 0 Å². The maximum Gasteiger partial charge on any atom is 0.0555 e. The Balaban J connectivity index is 1.84. The summed E-state index contributed by atoms with van der Waals surface area (Å²) in [7, 11) is 0. The van der Waals surface area contributed by atoms with Crippen LogP contribution in [0.5, 0.6) is 0 Å². The summed E-state index contributed by atoms with van der Waals surface area (Å²) in [5.41, 5.74) is 8.51. The Bertz CT molecular complexity index is 628. The molecule has 1 aliphatic rings. The third-order valence-electron chi connectivity index (χ3n) is 4.65. The highest BCUT2D eigenvalue weighted by molar-refractivity contribution is 5.61. The average molecular weight is 279 g/mol. The lowest BCUT2D eigenvalue weighted by molar-refractivity contribution is 0.589. The molecule has 1 nitrogen and oxygen atoms in total. The molecule has 1 N–H and O–H groups in total. The minimum atomic E-state index is 0.221. The van der Waals surface area contributed by atoms with Crippen LogP contribution in [0.2, 0.25) is 0 Å². The van der Waals surface area contributed by atoms with Crippen molar-refractivity contribution in [1.82, 2.24) is 0 Å². The van der Waals surface area contributed by atoms with Crippen molar-refractivity contribution in [1.29, 1.82) is 0 Å². The summed E-state index contributed by atoms with van der Waals surface area (Å²) < 4.78 is 0. The van der Waals surface area contributed by atoms with Gasteiger partial charge in [0.05, 0.1) is 6.04 Å². The van der Waals surface area contributed by atoms with E-state index in [0.29, 0.717) is 6.04 Å². The molecule has 2 aromatic carbocycles. The van der Waals surface area contributed by atoms with Gasteiger partial charge in [0.2, 0.25) is 0 Å². The van der Waals surface area contributed by atoms with Crippen molar-refractivity contribution in [3.05, 3.63) is 64.2 Å². The number of hydrogen-bond acceptors (Lipinski definition) is 1. The number of nitrogens with one attached hydrogen (secondary N) is 1. The van der Waals surface area contributed by atoms with E-state index >= 15 is 0 Å². The number of hydrogen-bond donors (Lipinski definition) is 1. The first-order valence-corrected chi connectivity index (χ1v) is 7.82. The van der Waals surface area contributed by atoms with Gasteiger partial charge in [0, 0.05) is 5.69 Å². The first kappa shape index (κ1) is 14.2. The fourth-order valence-corrected chi connectivity index (χ4v) is 3.05. The Morgan fingerprint density at radius 2 is 1.57 bits per heavy atom. The minimum Gasteiger partial charge on any atom is -0.378 e. The summed E-state index contributed by atoms with van der Waals surface area (Å²) >= 11 is 0. The quantitative estimate of drug-likeness (QED) is 0.746. The number of aryl methyl sites for hydroxylation is 2. The second kappa shape index (κ2) is 4.91. The van der Waals surface area contributed by atoms with Gasteiger partial charge < -0.3 is 5.32 Å². The van der Waals surface area contributed by atoms with Crippen molar-refractivity contribution < 1.29 is 0 Å². The van der Waals surface area contributed by atoms with E-state index in [0.717, 1.165) is 6.42 Å². The number of benzene rings is 2. The lowest BCUT2D eigenvalue weighted by Crippen LogP contribution is -2.12. The van der Waals surface area contributed by atoms with Gasteiger partial charge in [-0.15, -0.1) is 0 Å². The molecule has 1 unspecified atom stereocenters. The molecule has 1 atom stereocenters. The van der Waals surface area contributed by atoms with Gasteiger partial charge in [-0.05, 0) is 59.6 Å². The Labute approximate surface area is 128 Å². The molecule has 0 bridgehead atoms. The maximum absolute atomic E-state index is 3.68. The fourth-order valence-electron chi connectivity index (χ4n) is 3.05. The van der Waals surface area contributed by atoms with Crippen LogP contribution in [0.1, 0.15) is 54.6 Å². The van der Waals surface area contributed by atoms with Crippen LogP contribution in [0.3, 0.4) is 0 Å². The van der Waals surface area contributed by atoms with E-state index in [2.05, 4.69) is 76.3 Å². The first-order valence-electron chi connectivity index (χ1n) is 7.82. The zero-order valence-corrected chi connectivity index (χ0v) is 13.7. The van der Waals surface area contributed by atoms with Gasteiger partial charge in [-0.2, -0.15) is 0 Å². The molecule has 0 amide bonds. The molecule has 0 saturated carbocycles. The van der Waals surface area contributed by atoms with Crippen molar-refractivity contribution in [2.24, 2.45) is 0 Å². The van der Waals surface area contributed by atoms with Gasteiger partial charge in [-0.1, -0.05) is 51.1 Å². The summed E-state index contributed by atoms with van der Waals surface area (Å²) in [6, 6.07) is 14.1. The third-order valence-corrected chi connectivity index (χ3v) is 4.65. The molecule has 2 aromatic rings. The maximum atomic E-state index is 3.68. The predicted molar refractivity (Wildman–Crippen MR) is 91.1 cm³/mol. The van der Waals surface area contributed by atoms with Crippen molar-refractivity contribution in [3.8, 4) is 0 Å². The van der Waals surface area contributed by atoms with Gasteiger partial charge in [0.1, 0.15) is 0 Å². The molecule has 0 radical (unpaired) electrons. The topological polar surface area (TPSA) is 12.0 Å². The SMILES string of the molecule is Cc1cc2c(cc1C)NC(c1ccc(C(C)(C)C)cc1)C2. The molecule has 3 rings (SSSR count). The van der Waals surface area contributed by atoms with Crippen LogP contribution in [-0.4, -0.2) is 0 Å². The standard InChI is InChI=1S/C20H25N/c1-13-10-16-12-19(21-18(16)11-14(13)2)15-6-8-17(9-7-15)20(3,4)5/h6-11,19,21H,12H2,1-5H3. The molecule has 0 aliphatic carbocycles. The second-order valence-corrected chi connectivity index (χ2v) is 7.37. The van der Waals surface area contributed by atoms with E-state index in [4.69, 9.17) is 0 Å². The lowest BCUT2D eigenvalue weighted by Gasteiger charge is -2.20. The van der Waals surface area contributed by atoms with Gasteiger partial charge in [-0.25, -0.2) is 0 Å². The molecule has 1 aliphatic heterocycles. The zero-order valence-electron chi connectivity index (χ0n) is 13.7. The molecule has 0 aromatic heterocycles. The van der Waals surface area contributed by atoms with Crippen LogP contribution in [0.4, 0.5) is 5.69 Å². The van der Waals surface area contributed by atoms with Crippen LogP contribution < -0.4 is 5.32 Å². The largest absolute Gasteiger partial charge is 0.378 e. The Kier molecular flexibility index (Phi) is 3.32. The monoisotopic (exact) mass is 279 g/mol. The number of rotatable bonds is 1. The van der Waals surface area contributed by atoms with Crippen molar-refractivity contribution in [2.75, 3.05) is 5.32 Å². The van der Waals surface area contributed by atoms with Crippen LogP contribution in [0.25, 0.3) is 0 Å². The second-order valence-electron chi connectivity index (χ2n) is 7.37. The van der Waals surface area contributed by atoms with E-state index in [1.807, 2.05) is 0 Å². The van der Waals surface area contributed by atoms with E-state index in [1.165, 1.54) is 33.5 Å². The third kappa shape index (κ3) is 2.70. The normalized spacial score (nSPS) is 17.5. The summed E-state index contributed by atoms with van der Waals surface area (Å²) in [5, 5.41) is 3.68. The van der Waals surface area contributed by atoms with E-state index in [-0.39, 0.29) is 5.41 Å². The van der Waals surface area contributed by atoms with Gasteiger partial charge in [0.15, 0.2) is 0 Å². The highest BCUT2D eigenvalue weighted by atomic mass is 14.9. The first-order chi connectivity index (χ1) is 9.84. The van der Waals surface area contributed by atoms with Crippen molar-refractivity contribution in [3.63, 3.8) is 0 Å². The van der Waals surface area contributed by atoms with E-state index in [9.17, 15) is 0 Å². The highest BCUT2D eigenvalue weighted by Crippen LogP contribution is 2.36. The molecule has 21 heavy (non-hydrogen) atoms. The molecule has 0 saturated heterocycles. The van der Waals surface area contributed by atoms with Crippen molar-refractivity contribution >= 4 is 5.69 Å². The van der Waals surface area contributed by atoms with E-state index in [1.54, 1.807) is 0 Å². The summed E-state index contributed by atoms with van der Waals surface area (Å²) in [6.45, 7) is 11.2. The Morgan fingerprint density at radius 1 is 0.952 bits per heavy atom. The van der Waals surface area contributed by atoms with Crippen LogP contribution in [0, 0.1) is 13.8 Å². The summed E-state index contributed by atoms with van der Waals surface area (Å²) in [5.74, 6) is 0. The van der Waals surface area contributed by atoms with Gasteiger partial charge >= 0.3 is 0 Å². The molecule has 1 heteroatoms. The number of fused-ring (bicyclic) bond motifs is 1. The molecular formula is C20H25N. The van der Waals surface area contributed by atoms with Gasteiger partial charge in [-0.3, -0.25) is 0 Å². The van der Waals surface area contributed by atoms with Crippen molar-refractivity contribution in [2.45, 2.75) is 52.5 Å². The molecule has 1 heterocycles. The zero-order chi connectivity index (χ0) is 15.2. The average Bonchev–Trinajstić information content (AvgIpc) is 2.81. The minimum absolute atomic E-state index is 0.221. The number of anilines is 1. The van der Waals surface area contributed by atoms with Crippen LogP contribution in [0.15, 0.2) is 36.4 Å². The molecule has 0 spiro atoms. The van der Waals surface area contributed by atoms with Crippen LogP contribution >= 0.6 is 0 Å². The molecule has 0 fully saturated rings. The lowest BCUT2D eigenvalue weighted by atomic mass is 9.86.